The van der Waals surface area contributed by atoms with E-state index in [1.807, 2.05) is 18.2 Å². The third kappa shape index (κ3) is 3.72. The zero-order valence-corrected chi connectivity index (χ0v) is 13.3. The number of carboxylic acid groups (broad SMARTS) is 1. The molecule has 116 valence electrons. The summed E-state index contributed by atoms with van der Waals surface area (Å²) in [5, 5.41) is 17.9. The number of nitrogens with zero attached hydrogens (tertiary/aromatic N) is 2. The molecular formula is C16H11ClN2O3S. The summed E-state index contributed by atoms with van der Waals surface area (Å²) in [7, 11) is 0. The predicted molar refractivity (Wildman–Crippen MR) is 87.7 cm³/mol. The number of aromatic carboxylic acids is 1. The van der Waals surface area contributed by atoms with Crippen molar-refractivity contribution >= 4 is 29.3 Å². The van der Waals surface area contributed by atoms with Gasteiger partial charge in [0.2, 0.25) is 5.89 Å². The quantitative estimate of drug-likeness (QED) is 0.691. The molecule has 0 aliphatic heterocycles. The molecule has 7 heteroatoms. The van der Waals surface area contributed by atoms with Gasteiger partial charge in [0.05, 0.1) is 16.1 Å². The lowest BCUT2D eigenvalue weighted by Crippen LogP contribution is -1.96. The molecule has 0 aliphatic carbocycles. The second-order valence-corrected chi connectivity index (χ2v) is 5.98. The lowest BCUT2D eigenvalue weighted by Gasteiger charge is -2.00. The summed E-state index contributed by atoms with van der Waals surface area (Å²) in [6.45, 7) is 0. The van der Waals surface area contributed by atoms with Crippen molar-refractivity contribution in [3.63, 3.8) is 0 Å². The Morgan fingerprint density at radius 2 is 2.00 bits per heavy atom. The van der Waals surface area contributed by atoms with Crippen LogP contribution in [0.15, 0.2) is 58.2 Å². The van der Waals surface area contributed by atoms with E-state index < -0.39 is 5.97 Å². The smallest absolute Gasteiger partial charge is 0.335 e. The molecule has 23 heavy (non-hydrogen) atoms. The molecule has 0 radical (unpaired) electrons. The average molecular weight is 347 g/mol. The highest BCUT2D eigenvalue weighted by Gasteiger charge is 2.12. The van der Waals surface area contributed by atoms with Crippen LogP contribution in [-0.4, -0.2) is 21.3 Å². The summed E-state index contributed by atoms with van der Waals surface area (Å²) < 4.78 is 5.59. The molecule has 0 saturated carbocycles. The third-order valence-electron chi connectivity index (χ3n) is 3.05. The molecule has 0 amide bonds. The second-order valence-electron chi connectivity index (χ2n) is 4.65. The van der Waals surface area contributed by atoms with Crippen molar-refractivity contribution in [3.8, 4) is 11.5 Å². The van der Waals surface area contributed by atoms with Crippen molar-refractivity contribution in [3.05, 3.63) is 64.7 Å². The normalized spacial score (nSPS) is 10.7. The van der Waals surface area contributed by atoms with E-state index in [0.717, 1.165) is 5.56 Å². The second kappa shape index (κ2) is 6.85. The van der Waals surface area contributed by atoms with Crippen LogP contribution >= 0.6 is 23.4 Å². The van der Waals surface area contributed by atoms with Crippen LogP contribution in [0.5, 0.6) is 0 Å². The van der Waals surface area contributed by atoms with Gasteiger partial charge in [-0.3, -0.25) is 0 Å². The number of aromatic nitrogens is 2. The SMILES string of the molecule is O=C(O)c1cccc(CSc2nnc(-c3ccccc3Cl)o2)c1. The van der Waals surface area contributed by atoms with E-state index >= 15 is 0 Å². The Morgan fingerprint density at radius 3 is 2.78 bits per heavy atom. The summed E-state index contributed by atoms with van der Waals surface area (Å²) in [6, 6.07) is 14.0. The minimum atomic E-state index is -0.948. The van der Waals surface area contributed by atoms with Gasteiger partial charge in [-0.05, 0) is 29.8 Å². The van der Waals surface area contributed by atoms with Crippen molar-refractivity contribution in [1.29, 1.82) is 0 Å². The molecule has 1 N–H and O–H groups in total. The first-order valence-corrected chi connectivity index (χ1v) is 8.03. The van der Waals surface area contributed by atoms with E-state index in [9.17, 15) is 4.79 Å². The van der Waals surface area contributed by atoms with E-state index in [2.05, 4.69) is 10.2 Å². The molecule has 1 aromatic heterocycles. The van der Waals surface area contributed by atoms with Crippen LogP contribution in [-0.2, 0) is 5.75 Å². The van der Waals surface area contributed by atoms with Crippen molar-refractivity contribution < 1.29 is 14.3 Å². The monoisotopic (exact) mass is 346 g/mol. The summed E-state index contributed by atoms with van der Waals surface area (Å²) in [5.41, 5.74) is 1.80. The number of benzene rings is 2. The van der Waals surface area contributed by atoms with Crippen LogP contribution in [0.25, 0.3) is 11.5 Å². The van der Waals surface area contributed by atoms with Gasteiger partial charge >= 0.3 is 5.97 Å². The van der Waals surface area contributed by atoms with Crippen LogP contribution in [0.4, 0.5) is 0 Å². The van der Waals surface area contributed by atoms with Crippen molar-refractivity contribution in [2.75, 3.05) is 0 Å². The molecule has 1 heterocycles. The fraction of sp³-hybridized carbons (Fsp3) is 0.0625. The molecule has 0 aliphatic rings. The minimum absolute atomic E-state index is 0.255. The fourth-order valence-electron chi connectivity index (χ4n) is 1.95. The van der Waals surface area contributed by atoms with E-state index in [4.69, 9.17) is 21.1 Å². The highest BCUT2D eigenvalue weighted by molar-refractivity contribution is 7.98. The number of hydrogen-bond donors (Lipinski definition) is 1. The Kier molecular flexibility index (Phi) is 4.64. The van der Waals surface area contributed by atoms with Crippen LogP contribution in [0.3, 0.4) is 0 Å². The van der Waals surface area contributed by atoms with Gasteiger partial charge in [0.1, 0.15) is 0 Å². The molecule has 5 nitrogen and oxygen atoms in total. The molecule has 0 spiro atoms. The molecule has 0 bridgehead atoms. The van der Waals surface area contributed by atoms with Crippen LogP contribution in [0, 0.1) is 0 Å². The Balaban J connectivity index is 1.72. The zero-order valence-electron chi connectivity index (χ0n) is 11.8. The zero-order chi connectivity index (χ0) is 16.2. The fourth-order valence-corrected chi connectivity index (χ4v) is 2.87. The van der Waals surface area contributed by atoms with E-state index in [0.29, 0.717) is 27.5 Å². The Morgan fingerprint density at radius 1 is 1.17 bits per heavy atom. The lowest BCUT2D eigenvalue weighted by atomic mass is 10.1. The van der Waals surface area contributed by atoms with Crippen LogP contribution < -0.4 is 0 Å². The molecule has 0 atom stereocenters. The van der Waals surface area contributed by atoms with Gasteiger partial charge in [0.25, 0.3) is 5.22 Å². The summed E-state index contributed by atoms with van der Waals surface area (Å²) in [5.74, 6) is -0.0568. The molecular weight excluding hydrogens is 336 g/mol. The highest BCUT2D eigenvalue weighted by Crippen LogP contribution is 2.29. The lowest BCUT2D eigenvalue weighted by molar-refractivity contribution is 0.0697. The molecule has 0 saturated heterocycles. The first-order chi connectivity index (χ1) is 11.1. The van der Waals surface area contributed by atoms with Gasteiger partial charge in [-0.25, -0.2) is 4.79 Å². The van der Waals surface area contributed by atoms with E-state index in [-0.39, 0.29) is 5.56 Å². The summed E-state index contributed by atoms with van der Waals surface area (Å²) >= 11 is 7.44. The Bertz CT molecular complexity index is 851. The van der Waals surface area contributed by atoms with Gasteiger partial charge in [-0.15, -0.1) is 10.2 Å². The van der Waals surface area contributed by atoms with Gasteiger partial charge < -0.3 is 9.52 Å². The number of hydrogen-bond acceptors (Lipinski definition) is 5. The molecule has 3 rings (SSSR count). The number of carboxylic acids is 1. The number of rotatable bonds is 5. The number of carbonyl (C=O) groups is 1. The summed E-state index contributed by atoms with van der Waals surface area (Å²) in [6.07, 6.45) is 0. The Hall–Kier alpha value is -2.31. The number of thioether (sulfide) groups is 1. The maximum Gasteiger partial charge on any atom is 0.335 e. The largest absolute Gasteiger partial charge is 0.478 e. The Labute approximate surface area is 141 Å². The van der Waals surface area contributed by atoms with Crippen molar-refractivity contribution in [1.82, 2.24) is 10.2 Å². The molecule has 2 aromatic carbocycles. The van der Waals surface area contributed by atoms with Crippen LogP contribution in [0.1, 0.15) is 15.9 Å². The maximum atomic E-state index is 11.0. The van der Waals surface area contributed by atoms with Crippen molar-refractivity contribution in [2.24, 2.45) is 0 Å². The van der Waals surface area contributed by atoms with Gasteiger partial charge in [0.15, 0.2) is 0 Å². The van der Waals surface area contributed by atoms with Gasteiger partial charge in [-0.2, -0.15) is 0 Å². The predicted octanol–water partition coefficient (Wildman–Crippen LogP) is 4.38. The first kappa shape index (κ1) is 15.6. The minimum Gasteiger partial charge on any atom is -0.478 e. The van der Waals surface area contributed by atoms with Gasteiger partial charge in [-0.1, -0.05) is 47.6 Å². The average Bonchev–Trinajstić information content (AvgIpc) is 3.02. The molecule has 0 unspecified atom stereocenters. The molecule has 0 fully saturated rings. The maximum absolute atomic E-state index is 11.0. The van der Waals surface area contributed by atoms with Crippen molar-refractivity contribution in [2.45, 2.75) is 11.0 Å². The molecule has 3 aromatic rings. The standard InChI is InChI=1S/C16H11ClN2O3S/c17-13-7-2-1-6-12(13)14-18-19-16(22-14)23-9-10-4-3-5-11(8-10)15(20)21/h1-8H,9H2,(H,20,21). The van der Waals surface area contributed by atoms with E-state index in [1.54, 1.807) is 30.3 Å². The third-order valence-corrected chi connectivity index (χ3v) is 4.27. The topological polar surface area (TPSA) is 76.2 Å². The summed E-state index contributed by atoms with van der Waals surface area (Å²) in [4.78, 5) is 11.0. The van der Waals surface area contributed by atoms with Gasteiger partial charge in [0, 0.05) is 5.75 Å². The number of halogens is 1. The highest BCUT2D eigenvalue weighted by atomic mass is 35.5. The van der Waals surface area contributed by atoms with Crippen LogP contribution in [0.2, 0.25) is 5.02 Å². The van der Waals surface area contributed by atoms with E-state index in [1.165, 1.54) is 11.8 Å². The first-order valence-electron chi connectivity index (χ1n) is 6.67.